The first kappa shape index (κ1) is 12.9. The number of likely N-dealkylation sites (tertiary alicyclic amines) is 1. The molecular formula is C12H20N4O2. The van der Waals surface area contributed by atoms with Crippen molar-refractivity contribution in [3.8, 4) is 0 Å². The second kappa shape index (κ2) is 4.97. The summed E-state index contributed by atoms with van der Waals surface area (Å²) in [5.41, 5.74) is 8.07. The summed E-state index contributed by atoms with van der Waals surface area (Å²) in [6, 6.07) is 0. The maximum absolute atomic E-state index is 12.1. The molecule has 1 aliphatic heterocycles. The van der Waals surface area contributed by atoms with Crippen LogP contribution in [-0.4, -0.2) is 44.9 Å². The molecule has 0 radical (unpaired) electrons. The van der Waals surface area contributed by atoms with Crippen molar-refractivity contribution >= 4 is 11.6 Å². The number of aliphatic hydroxyl groups excluding tert-OH is 1. The number of anilines is 1. The van der Waals surface area contributed by atoms with E-state index >= 15 is 0 Å². The van der Waals surface area contributed by atoms with Crippen molar-refractivity contribution in [1.82, 2.24) is 14.7 Å². The fraction of sp³-hybridized carbons (Fsp3) is 0.667. The zero-order valence-corrected chi connectivity index (χ0v) is 10.9. The molecule has 2 rings (SSSR count). The highest BCUT2D eigenvalue weighted by Crippen LogP contribution is 2.16. The van der Waals surface area contributed by atoms with Gasteiger partial charge >= 0.3 is 0 Å². The molecule has 1 saturated heterocycles. The number of amides is 1. The van der Waals surface area contributed by atoms with Gasteiger partial charge in [0, 0.05) is 13.1 Å². The monoisotopic (exact) mass is 252 g/mol. The number of nitrogens with two attached hydrogens (primary N) is 1. The van der Waals surface area contributed by atoms with Crippen molar-refractivity contribution < 1.29 is 9.90 Å². The standard InChI is InChI=1S/C12H20N4O2/c1-8-12(13)9(2)16(14-8)7-11(18)15-5-3-10(17)4-6-15/h10,17H,3-7,13H2,1-2H3. The van der Waals surface area contributed by atoms with E-state index in [0.717, 1.165) is 11.4 Å². The number of rotatable bonds is 2. The summed E-state index contributed by atoms with van der Waals surface area (Å²) in [6.07, 6.45) is 1.05. The summed E-state index contributed by atoms with van der Waals surface area (Å²) in [5, 5.41) is 13.7. The molecule has 100 valence electrons. The minimum Gasteiger partial charge on any atom is -0.396 e. The maximum atomic E-state index is 12.1. The molecule has 1 aliphatic rings. The van der Waals surface area contributed by atoms with E-state index in [0.29, 0.717) is 31.6 Å². The number of aromatic nitrogens is 2. The van der Waals surface area contributed by atoms with Crippen molar-refractivity contribution in [2.45, 2.75) is 39.3 Å². The van der Waals surface area contributed by atoms with Gasteiger partial charge in [-0.1, -0.05) is 0 Å². The van der Waals surface area contributed by atoms with Crippen molar-refractivity contribution in [1.29, 1.82) is 0 Å². The topological polar surface area (TPSA) is 84.4 Å². The van der Waals surface area contributed by atoms with E-state index in [2.05, 4.69) is 5.10 Å². The molecule has 0 bridgehead atoms. The molecule has 6 heteroatoms. The number of hydrogen-bond donors (Lipinski definition) is 2. The lowest BCUT2D eigenvalue weighted by molar-refractivity contribution is -0.134. The Bertz CT molecular complexity index is 447. The van der Waals surface area contributed by atoms with Crippen LogP contribution in [0.1, 0.15) is 24.2 Å². The van der Waals surface area contributed by atoms with E-state index in [-0.39, 0.29) is 18.6 Å². The van der Waals surface area contributed by atoms with Crippen LogP contribution in [0.5, 0.6) is 0 Å². The van der Waals surface area contributed by atoms with Gasteiger partial charge in [-0.3, -0.25) is 9.48 Å². The zero-order valence-electron chi connectivity index (χ0n) is 10.9. The van der Waals surface area contributed by atoms with Crippen molar-refractivity contribution in [2.24, 2.45) is 0 Å². The van der Waals surface area contributed by atoms with Crippen LogP contribution in [0.4, 0.5) is 5.69 Å². The van der Waals surface area contributed by atoms with Crippen LogP contribution in [0.25, 0.3) is 0 Å². The summed E-state index contributed by atoms with van der Waals surface area (Å²) in [4.78, 5) is 13.9. The summed E-state index contributed by atoms with van der Waals surface area (Å²) in [5.74, 6) is 0.0347. The molecule has 18 heavy (non-hydrogen) atoms. The van der Waals surface area contributed by atoms with Gasteiger partial charge in [0.25, 0.3) is 0 Å². The number of piperidine rings is 1. The van der Waals surface area contributed by atoms with Crippen molar-refractivity contribution in [3.05, 3.63) is 11.4 Å². The molecule has 2 heterocycles. The highest BCUT2D eigenvalue weighted by atomic mass is 16.3. The van der Waals surface area contributed by atoms with E-state index in [1.165, 1.54) is 0 Å². The van der Waals surface area contributed by atoms with Crippen molar-refractivity contribution in [2.75, 3.05) is 18.8 Å². The summed E-state index contributed by atoms with van der Waals surface area (Å²) >= 11 is 0. The lowest BCUT2D eigenvalue weighted by Crippen LogP contribution is -2.41. The Morgan fingerprint density at radius 1 is 1.44 bits per heavy atom. The Balaban J connectivity index is 2.01. The molecule has 0 aliphatic carbocycles. The smallest absolute Gasteiger partial charge is 0.244 e. The molecule has 1 aromatic heterocycles. The molecule has 0 saturated carbocycles. The molecule has 1 amide bonds. The van der Waals surface area contributed by atoms with Crippen molar-refractivity contribution in [3.63, 3.8) is 0 Å². The van der Waals surface area contributed by atoms with Gasteiger partial charge in [-0.2, -0.15) is 5.10 Å². The molecule has 0 aromatic carbocycles. The first-order chi connectivity index (χ1) is 8.49. The average Bonchev–Trinajstić information content (AvgIpc) is 2.58. The van der Waals surface area contributed by atoms with Crippen LogP contribution < -0.4 is 5.73 Å². The second-order valence-corrected chi connectivity index (χ2v) is 4.85. The lowest BCUT2D eigenvalue weighted by Gasteiger charge is -2.29. The second-order valence-electron chi connectivity index (χ2n) is 4.85. The van der Waals surface area contributed by atoms with E-state index in [4.69, 9.17) is 5.73 Å². The Morgan fingerprint density at radius 3 is 2.56 bits per heavy atom. The van der Waals surface area contributed by atoms with E-state index in [1.54, 1.807) is 9.58 Å². The van der Waals surface area contributed by atoms with E-state index < -0.39 is 0 Å². The number of aliphatic hydroxyl groups is 1. The molecular weight excluding hydrogens is 232 g/mol. The van der Waals surface area contributed by atoms with Gasteiger partial charge in [0.2, 0.25) is 5.91 Å². The number of carbonyl (C=O) groups is 1. The molecule has 0 unspecified atom stereocenters. The first-order valence-corrected chi connectivity index (χ1v) is 6.24. The number of nitrogen functional groups attached to an aromatic ring is 1. The van der Waals surface area contributed by atoms with Crippen LogP contribution in [0, 0.1) is 13.8 Å². The van der Waals surface area contributed by atoms with Gasteiger partial charge in [-0.15, -0.1) is 0 Å². The number of nitrogens with zero attached hydrogens (tertiary/aromatic N) is 3. The van der Waals surface area contributed by atoms with Gasteiger partial charge in [-0.25, -0.2) is 0 Å². The van der Waals surface area contributed by atoms with Crippen LogP contribution in [0.2, 0.25) is 0 Å². The third-order valence-corrected chi connectivity index (χ3v) is 3.54. The van der Waals surface area contributed by atoms with Crippen LogP contribution in [0.15, 0.2) is 0 Å². The predicted octanol–water partition coefficient (Wildman–Crippen LogP) is 0.0654. The molecule has 0 atom stereocenters. The average molecular weight is 252 g/mol. The highest BCUT2D eigenvalue weighted by molar-refractivity contribution is 5.76. The summed E-state index contributed by atoms with van der Waals surface area (Å²) in [6.45, 7) is 5.16. The minimum atomic E-state index is -0.265. The number of hydrogen-bond acceptors (Lipinski definition) is 4. The quantitative estimate of drug-likeness (QED) is 0.780. The summed E-state index contributed by atoms with van der Waals surface area (Å²) < 4.78 is 1.65. The molecule has 0 spiro atoms. The Labute approximate surface area is 106 Å². The van der Waals surface area contributed by atoms with Gasteiger partial charge in [-0.05, 0) is 26.7 Å². The fourth-order valence-electron chi connectivity index (χ4n) is 2.21. The van der Waals surface area contributed by atoms with Gasteiger partial charge in [0.1, 0.15) is 6.54 Å². The number of aryl methyl sites for hydroxylation is 1. The Hall–Kier alpha value is -1.56. The SMILES string of the molecule is Cc1nn(CC(=O)N2CCC(O)CC2)c(C)c1N. The molecule has 1 fully saturated rings. The van der Waals surface area contributed by atoms with E-state index in [9.17, 15) is 9.90 Å². The Morgan fingerprint density at radius 2 is 2.06 bits per heavy atom. The first-order valence-electron chi connectivity index (χ1n) is 6.24. The van der Waals surface area contributed by atoms with E-state index in [1.807, 2.05) is 13.8 Å². The molecule has 3 N–H and O–H groups in total. The fourth-order valence-corrected chi connectivity index (χ4v) is 2.21. The summed E-state index contributed by atoms with van der Waals surface area (Å²) in [7, 11) is 0. The van der Waals surface area contributed by atoms with Crippen LogP contribution in [-0.2, 0) is 11.3 Å². The molecule has 1 aromatic rings. The van der Waals surface area contributed by atoms with Crippen LogP contribution >= 0.6 is 0 Å². The normalized spacial score (nSPS) is 17.2. The Kier molecular flexibility index (Phi) is 3.56. The van der Waals surface area contributed by atoms with Gasteiger partial charge < -0.3 is 15.7 Å². The lowest BCUT2D eigenvalue weighted by atomic mass is 10.1. The number of carbonyl (C=O) groups excluding carboxylic acids is 1. The third-order valence-electron chi connectivity index (χ3n) is 3.54. The molecule has 6 nitrogen and oxygen atoms in total. The predicted molar refractivity (Wildman–Crippen MR) is 67.9 cm³/mol. The third kappa shape index (κ3) is 2.48. The van der Waals surface area contributed by atoms with Gasteiger partial charge in [0.15, 0.2) is 0 Å². The minimum absolute atomic E-state index is 0.0347. The highest BCUT2D eigenvalue weighted by Gasteiger charge is 2.22. The van der Waals surface area contributed by atoms with Gasteiger partial charge in [0.05, 0.1) is 23.2 Å². The van der Waals surface area contributed by atoms with Crippen LogP contribution in [0.3, 0.4) is 0 Å². The zero-order chi connectivity index (χ0) is 13.3. The largest absolute Gasteiger partial charge is 0.396 e. The maximum Gasteiger partial charge on any atom is 0.244 e.